The molecule has 132 valence electrons. The third-order valence-electron chi connectivity index (χ3n) is 4.27. The van der Waals surface area contributed by atoms with Crippen molar-refractivity contribution in [2.75, 3.05) is 25.0 Å². The van der Waals surface area contributed by atoms with Crippen LogP contribution in [0.25, 0.3) is 0 Å². The lowest BCUT2D eigenvalue weighted by Gasteiger charge is -2.34. The van der Waals surface area contributed by atoms with Crippen molar-refractivity contribution in [2.45, 2.75) is 32.7 Å². The lowest BCUT2D eigenvalue weighted by molar-refractivity contribution is -0.149. The molecule has 0 aromatic heterocycles. The molecule has 1 amide bonds. The summed E-state index contributed by atoms with van der Waals surface area (Å²) in [5.41, 5.74) is 0.541. The summed E-state index contributed by atoms with van der Waals surface area (Å²) in [7, 11) is 0. The Kier molecular flexibility index (Phi) is 6.90. The summed E-state index contributed by atoms with van der Waals surface area (Å²) in [4.78, 5) is 26.3. The number of nitrogens with one attached hydrogen (secondary N) is 1. The first-order valence-electron chi connectivity index (χ1n) is 8.09. The molecule has 0 saturated carbocycles. The minimum Gasteiger partial charge on any atom is -0.466 e. The molecule has 7 heteroatoms. The number of anilines is 1. The standard InChI is InChI=1S/C17H22Cl2N2O3/c1-3-24-17(23)12-6-8-21(9-7-12)11(2)16(22)20-15-5-4-13(18)10-14(15)19/h4-5,10-12H,3,6-9H2,1-2H3,(H,20,22)/t11-/m1/s1. The fourth-order valence-electron chi connectivity index (χ4n) is 2.78. The fraction of sp³-hybridized carbons (Fsp3) is 0.529. The number of hydrogen-bond donors (Lipinski definition) is 1. The number of piperidine rings is 1. The zero-order valence-electron chi connectivity index (χ0n) is 13.9. The number of carbonyl (C=O) groups excluding carboxylic acids is 2. The number of carbonyl (C=O) groups is 2. The van der Waals surface area contributed by atoms with Gasteiger partial charge < -0.3 is 10.1 Å². The number of amides is 1. The van der Waals surface area contributed by atoms with Gasteiger partial charge in [0.1, 0.15) is 0 Å². The number of hydrogen-bond acceptors (Lipinski definition) is 4. The normalized spacial score (nSPS) is 17.3. The monoisotopic (exact) mass is 372 g/mol. The van der Waals surface area contributed by atoms with Crippen LogP contribution in [0.15, 0.2) is 18.2 Å². The van der Waals surface area contributed by atoms with Crippen LogP contribution in [0.4, 0.5) is 5.69 Å². The van der Waals surface area contributed by atoms with Crippen LogP contribution >= 0.6 is 23.2 Å². The Labute approximate surface area is 152 Å². The molecular weight excluding hydrogens is 351 g/mol. The maximum atomic E-state index is 12.4. The van der Waals surface area contributed by atoms with Gasteiger partial charge in [-0.15, -0.1) is 0 Å². The molecule has 1 aliphatic heterocycles. The minimum absolute atomic E-state index is 0.0674. The number of halogens is 2. The fourth-order valence-corrected chi connectivity index (χ4v) is 3.23. The summed E-state index contributed by atoms with van der Waals surface area (Å²) in [6.45, 7) is 5.43. The van der Waals surface area contributed by atoms with E-state index in [0.717, 1.165) is 0 Å². The van der Waals surface area contributed by atoms with Crippen molar-refractivity contribution >= 4 is 40.8 Å². The van der Waals surface area contributed by atoms with Gasteiger partial charge in [-0.2, -0.15) is 0 Å². The number of nitrogens with zero attached hydrogens (tertiary/aromatic N) is 1. The Morgan fingerprint density at radius 1 is 1.33 bits per heavy atom. The number of esters is 1. The van der Waals surface area contributed by atoms with Gasteiger partial charge in [0.2, 0.25) is 5.91 Å². The highest BCUT2D eigenvalue weighted by Crippen LogP contribution is 2.26. The van der Waals surface area contributed by atoms with Crippen molar-refractivity contribution in [3.8, 4) is 0 Å². The van der Waals surface area contributed by atoms with E-state index in [1.54, 1.807) is 25.1 Å². The number of ether oxygens (including phenoxy) is 1. The molecule has 1 aromatic rings. The molecule has 1 fully saturated rings. The van der Waals surface area contributed by atoms with E-state index in [9.17, 15) is 9.59 Å². The molecule has 0 unspecified atom stereocenters. The third-order valence-corrected chi connectivity index (χ3v) is 4.81. The van der Waals surface area contributed by atoms with Gasteiger partial charge in [-0.05, 0) is 58.0 Å². The first-order chi connectivity index (χ1) is 11.4. The first-order valence-corrected chi connectivity index (χ1v) is 8.84. The Hall–Kier alpha value is -1.30. The van der Waals surface area contributed by atoms with E-state index in [-0.39, 0.29) is 23.8 Å². The Morgan fingerprint density at radius 3 is 2.58 bits per heavy atom. The maximum absolute atomic E-state index is 12.4. The summed E-state index contributed by atoms with van der Waals surface area (Å²) >= 11 is 11.9. The van der Waals surface area contributed by atoms with Crippen LogP contribution in [0.1, 0.15) is 26.7 Å². The topological polar surface area (TPSA) is 58.6 Å². The predicted molar refractivity (Wildman–Crippen MR) is 95.5 cm³/mol. The van der Waals surface area contributed by atoms with Crippen molar-refractivity contribution in [1.29, 1.82) is 0 Å². The van der Waals surface area contributed by atoms with Crippen molar-refractivity contribution in [3.05, 3.63) is 28.2 Å². The van der Waals surface area contributed by atoms with Gasteiger partial charge in [0.05, 0.1) is 29.3 Å². The highest BCUT2D eigenvalue weighted by molar-refractivity contribution is 6.36. The quantitative estimate of drug-likeness (QED) is 0.802. The van der Waals surface area contributed by atoms with Crippen molar-refractivity contribution in [1.82, 2.24) is 4.90 Å². The van der Waals surface area contributed by atoms with Crippen molar-refractivity contribution < 1.29 is 14.3 Å². The van der Waals surface area contributed by atoms with Gasteiger partial charge in [-0.3, -0.25) is 14.5 Å². The number of rotatable bonds is 5. The molecule has 0 radical (unpaired) electrons. The molecule has 1 N–H and O–H groups in total. The van der Waals surface area contributed by atoms with E-state index >= 15 is 0 Å². The maximum Gasteiger partial charge on any atom is 0.309 e. The van der Waals surface area contributed by atoms with Gasteiger partial charge in [-0.1, -0.05) is 23.2 Å². The van der Waals surface area contributed by atoms with Gasteiger partial charge in [0, 0.05) is 5.02 Å². The van der Waals surface area contributed by atoms with Crippen LogP contribution in [0.3, 0.4) is 0 Å². The van der Waals surface area contributed by atoms with Gasteiger partial charge in [0.25, 0.3) is 0 Å². The minimum atomic E-state index is -0.306. The summed E-state index contributed by atoms with van der Waals surface area (Å²) in [5.74, 6) is -0.335. The molecular formula is C17H22Cl2N2O3. The van der Waals surface area contributed by atoms with Crippen LogP contribution in [0.5, 0.6) is 0 Å². The molecule has 24 heavy (non-hydrogen) atoms. The summed E-state index contributed by atoms with van der Waals surface area (Å²) in [6.07, 6.45) is 1.41. The first kappa shape index (κ1) is 19.0. The van der Waals surface area contributed by atoms with Crippen molar-refractivity contribution in [3.63, 3.8) is 0 Å². The van der Waals surface area contributed by atoms with E-state index in [1.165, 1.54) is 0 Å². The van der Waals surface area contributed by atoms with Gasteiger partial charge >= 0.3 is 5.97 Å². The molecule has 0 bridgehead atoms. The zero-order valence-corrected chi connectivity index (χ0v) is 15.4. The van der Waals surface area contributed by atoms with Crippen LogP contribution in [0.2, 0.25) is 10.0 Å². The number of benzene rings is 1. The van der Waals surface area contributed by atoms with Crippen LogP contribution < -0.4 is 5.32 Å². The predicted octanol–water partition coefficient (Wildman–Crippen LogP) is 3.60. The third kappa shape index (κ3) is 4.85. The van der Waals surface area contributed by atoms with E-state index in [0.29, 0.717) is 48.3 Å². The summed E-state index contributed by atoms with van der Waals surface area (Å²) in [5, 5.41) is 3.75. The van der Waals surface area contributed by atoms with E-state index in [4.69, 9.17) is 27.9 Å². The second-order valence-corrected chi connectivity index (χ2v) is 6.70. The molecule has 5 nitrogen and oxygen atoms in total. The van der Waals surface area contributed by atoms with E-state index in [2.05, 4.69) is 10.2 Å². The molecule has 0 spiro atoms. The smallest absolute Gasteiger partial charge is 0.309 e. The Morgan fingerprint density at radius 2 is 2.00 bits per heavy atom. The van der Waals surface area contributed by atoms with Crippen LogP contribution in [0, 0.1) is 5.92 Å². The second kappa shape index (κ2) is 8.70. The lowest BCUT2D eigenvalue weighted by atomic mass is 9.96. The van der Waals surface area contributed by atoms with Gasteiger partial charge in [-0.25, -0.2) is 0 Å². The average Bonchev–Trinajstić information content (AvgIpc) is 2.57. The van der Waals surface area contributed by atoms with Crippen LogP contribution in [-0.4, -0.2) is 42.5 Å². The molecule has 0 aliphatic carbocycles. The lowest BCUT2D eigenvalue weighted by Crippen LogP contribution is -2.47. The second-order valence-electron chi connectivity index (χ2n) is 5.85. The molecule has 1 aliphatic rings. The molecule has 1 heterocycles. The average molecular weight is 373 g/mol. The SMILES string of the molecule is CCOC(=O)C1CCN([C@H](C)C(=O)Nc2ccc(Cl)cc2Cl)CC1. The van der Waals surface area contributed by atoms with Crippen molar-refractivity contribution in [2.24, 2.45) is 5.92 Å². The zero-order chi connectivity index (χ0) is 17.7. The highest BCUT2D eigenvalue weighted by atomic mass is 35.5. The molecule has 1 aromatic carbocycles. The van der Waals surface area contributed by atoms with E-state index in [1.807, 2.05) is 6.92 Å². The van der Waals surface area contributed by atoms with E-state index < -0.39 is 0 Å². The summed E-state index contributed by atoms with van der Waals surface area (Å²) in [6, 6.07) is 4.65. The summed E-state index contributed by atoms with van der Waals surface area (Å²) < 4.78 is 5.06. The van der Waals surface area contributed by atoms with Crippen LogP contribution in [-0.2, 0) is 14.3 Å². The number of likely N-dealkylation sites (tertiary alicyclic amines) is 1. The largest absolute Gasteiger partial charge is 0.466 e. The Bertz CT molecular complexity index is 601. The molecule has 2 rings (SSSR count). The Balaban J connectivity index is 1.89. The molecule has 1 atom stereocenters. The molecule has 1 saturated heterocycles. The van der Waals surface area contributed by atoms with Gasteiger partial charge in [0.15, 0.2) is 0 Å². The highest BCUT2D eigenvalue weighted by Gasteiger charge is 2.30.